The summed E-state index contributed by atoms with van der Waals surface area (Å²) in [5, 5.41) is 0. The Morgan fingerprint density at radius 1 is 1.45 bits per heavy atom. The van der Waals surface area contributed by atoms with Crippen LogP contribution in [0.3, 0.4) is 0 Å². The molecule has 1 aliphatic heterocycles. The lowest BCUT2D eigenvalue weighted by atomic mass is 9.95. The van der Waals surface area contributed by atoms with Crippen LogP contribution in [0.5, 0.6) is 5.75 Å². The second kappa shape index (κ2) is 6.22. The summed E-state index contributed by atoms with van der Waals surface area (Å²) < 4.78 is 7.77. The van der Waals surface area contributed by atoms with Crippen molar-refractivity contribution in [2.24, 2.45) is 5.92 Å². The average molecular weight is 299 g/mol. The Balaban J connectivity index is 1.58. The van der Waals surface area contributed by atoms with Gasteiger partial charge in [-0.25, -0.2) is 4.98 Å². The standard InChI is InChI=1S/C17H21N3O2/c1-13-18-7-8-20(13)10-9-19(2)17(21)15-11-14-5-3-4-6-16(14)22-12-15/h3-8,15H,9-12H2,1-2H3. The van der Waals surface area contributed by atoms with Gasteiger partial charge in [0.1, 0.15) is 18.2 Å². The van der Waals surface area contributed by atoms with Gasteiger partial charge in [-0.3, -0.25) is 4.79 Å². The lowest BCUT2D eigenvalue weighted by molar-refractivity contribution is -0.135. The Bertz CT molecular complexity index is 665. The molecule has 3 rings (SSSR count). The number of hydrogen-bond acceptors (Lipinski definition) is 3. The average Bonchev–Trinajstić information content (AvgIpc) is 2.96. The molecule has 1 atom stereocenters. The maximum atomic E-state index is 12.6. The van der Waals surface area contributed by atoms with Crippen LogP contribution in [0.15, 0.2) is 36.7 Å². The van der Waals surface area contributed by atoms with Gasteiger partial charge in [0, 0.05) is 32.5 Å². The first kappa shape index (κ1) is 14.6. The molecule has 0 saturated carbocycles. The van der Waals surface area contributed by atoms with Crippen molar-refractivity contribution in [1.29, 1.82) is 0 Å². The van der Waals surface area contributed by atoms with Crippen LogP contribution in [0, 0.1) is 12.8 Å². The number of benzene rings is 1. The van der Waals surface area contributed by atoms with E-state index in [0.29, 0.717) is 13.2 Å². The maximum absolute atomic E-state index is 12.6. The fraction of sp³-hybridized carbons (Fsp3) is 0.412. The van der Waals surface area contributed by atoms with E-state index < -0.39 is 0 Å². The van der Waals surface area contributed by atoms with Crippen molar-refractivity contribution >= 4 is 5.91 Å². The molecule has 0 fully saturated rings. The second-order valence-corrected chi connectivity index (χ2v) is 5.75. The van der Waals surface area contributed by atoms with Gasteiger partial charge in [-0.05, 0) is 25.0 Å². The van der Waals surface area contributed by atoms with Gasteiger partial charge < -0.3 is 14.2 Å². The third-order valence-electron chi connectivity index (χ3n) is 4.20. The molecule has 22 heavy (non-hydrogen) atoms. The molecule has 2 aromatic rings. The SMILES string of the molecule is Cc1nccn1CCN(C)C(=O)C1COc2ccccc2C1. The first-order valence-electron chi connectivity index (χ1n) is 7.58. The molecule has 1 aromatic carbocycles. The first-order chi connectivity index (χ1) is 10.6. The maximum Gasteiger partial charge on any atom is 0.229 e. The van der Waals surface area contributed by atoms with Gasteiger partial charge in [-0.15, -0.1) is 0 Å². The molecule has 5 nitrogen and oxygen atoms in total. The zero-order valence-electron chi connectivity index (χ0n) is 13.0. The Hall–Kier alpha value is -2.30. The highest BCUT2D eigenvalue weighted by atomic mass is 16.5. The summed E-state index contributed by atoms with van der Waals surface area (Å²) in [6, 6.07) is 7.94. The van der Waals surface area contributed by atoms with Crippen LogP contribution >= 0.6 is 0 Å². The summed E-state index contributed by atoms with van der Waals surface area (Å²) in [6.45, 7) is 3.87. The fourth-order valence-electron chi connectivity index (χ4n) is 2.81. The summed E-state index contributed by atoms with van der Waals surface area (Å²) in [7, 11) is 1.86. The van der Waals surface area contributed by atoms with Crippen molar-refractivity contribution in [1.82, 2.24) is 14.5 Å². The van der Waals surface area contributed by atoms with Crippen LogP contribution in [-0.4, -0.2) is 40.6 Å². The Morgan fingerprint density at radius 2 is 2.27 bits per heavy atom. The highest BCUT2D eigenvalue weighted by molar-refractivity contribution is 5.79. The van der Waals surface area contributed by atoms with Crippen LogP contribution < -0.4 is 4.74 Å². The van der Waals surface area contributed by atoms with E-state index in [0.717, 1.165) is 30.1 Å². The van der Waals surface area contributed by atoms with Crippen LogP contribution in [0.4, 0.5) is 0 Å². The highest BCUT2D eigenvalue weighted by Gasteiger charge is 2.27. The second-order valence-electron chi connectivity index (χ2n) is 5.75. The fourth-order valence-corrected chi connectivity index (χ4v) is 2.81. The van der Waals surface area contributed by atoms with Crippen molar-refractivity contribution in [2.75, 3.05) is 20.2 Å². The zero-order valence-corrected chi connectivity index (χ0v) is 13.0. The third kappa shape index (κ3) is 2.98. The van der Waals surface area contributed by atoms with Gasteiger partial charge in [0.05, 0.1) is 5.92 Å². The quantitative estimate of drug-likeness (QED) is 0.866. The minimum Gasteiger partial charge on any atom is -0.492 e. The number of carbonyl (C=O) groups is 1. The number of ether oxygens (including phenoxy) is 1. The first-order valence-corrected chi connectivity index (χ1v) is 7.58. The van der Waals surface area contributed by atoms with Crippen molar-refractivity contribution in [3.63, 3.8) is 0 Å². The van der Waals surface area contributed by atoms with E-state index in [2.05, 4.69) is 9.55 Å². The molecule has 1 amide bonds. The summed E-state index contributed by atoms with van der Waals surface area (Å²) in [4.78, 5) is 18.6. The van der Waals surface area contributed by atoms with E-state index in [-0.39, 0.29) is 11.8 Å². The number of imidazole rings is 1. The van der Waals surface area contributed by atoms with Crippen LogP contribution in [-0.2, 0) is 17.8 Å². The number of aryl methyl sites for hydroxylation is 1. The normalized spacial score (nSPS) is 16.7. The third-order valence-corrected chi connectivity index (χ3v) is 4.20. The zero-order chi connectivity index (χ0) is 15.5. The van der Waals surface area contributed by atoms with Crippen LogP contribution in [0.25, 0.3) is 0 Å². The molecular weight excluding hydrogens is 278 g/mol. The van der Waals surface area contributed by atoms with E-state index in [9.17, 15) is 4.79 Å². The number of aromatic nitrogens is 2. The molecule has 0 aliphatic carbocycles. The van der Waals surface area contributed by atoms with Gasteiger partial charge in [0.15, 0.2) is 0 Å². The number of hydrogen-bond donors (Lipinski definition) is 0. The summed E-state index contributed by atoms with van der Waals surface area (Å²) in [5.74, 6) is 1.93. The summed E-state index contributed by atoms with van der Waals surface area (Å²) in [6.07, 6.45) is 4.47. The predicted octanol–water partition coefficient (Wildman–Crippen LogP) is 1.90. The van der Waals surface area contributed by atoms with Gasteiger partial charge in [-0.2, -0.15) is 0 Å². The minimum atomic E-state index is -0.0937. The monoisotopic (exact) mass is 299 g/mol. The molecule has 0 saturated heterocycles. The summed E-state index contributed by atoms with van der Waals surface area (Å²) in [5.41, 5.74) is 1.12. The molecule has 0 radical (unpaired) electrons. The lowest BCUT2D eigenvalue weighted by Crippen LogP contribution is -2.40. The lowest BCUT2D eigenvalue weighted by Gasteiger charge is -2.28. The van der Waals surface area contributed by atoms with E-state index >= 15 is 0 Å². The highest BCUT2D eigenvalue weighted by Crippen LogP contribution is 2.27. The summed E-state index contributed by atoms with van der Waals surface area (Å²) >= 11 is 0. The molecule has 0 spiro atoms. The number of nitrogens with zero attached hydrogens (tertiary/aromatic N) is 3. The largest absolute Gasteiger partial charge is 0.492 e. The molecule has 0 bridgehead atoms. The van der Waals surface area contributed by atoms with Crippen LogP contribution in [0.1, 0.15) is 11.4 Å². The van der Waals surface area contributed by atoms with E-state index in [4.69, 9.17) is 4.74 Å². The minimum absolute atomic E-state index is 0.0937. The molecule has 1 unspecified atom stereocenters. The Morgan fingerprint density at radius 3 is 3.05 bits per heavy atom. The molecule has 1 aromatic heterocycles. The van der Waals surface area contributed by atoms with Gasteiger partial charge in [0.25, 0.3) is 0 Å². The molecule has 5 heteroatoms. The van der Waals surface area contributed by atoms with E-state index in [1.807, 2.05) is 44.4 Å². The number of fused-ring (bicyclic) bond motifs is 1. The van der Waals surface area contributed by atoms with E-state index in [1.165, 1.54) is 0 Å². The van der Waals surface area contributed by atoms with Crippen molar-refractivity contribution in [3.8, 4) is 5.75 Å². The number of amides is 1. The topological polar surface area (TPSA) is 47.4 Å². The van der Waals surface area contributed by atoms with Crippen molar-refractivity contribution in [2.45, 2.75) is 19.9 Å². The van der Waals surface area contributed by atoms with E-state index in [1.54, 1.807) is 11.1 Å². The molecule has 2 heterocycles. The van der Waals surface area contributed by atoms with Crippen LogP contribution in [0.2, 0.25) is 0 Å². The number of carbonyl (C=O) groups excluding carboxylic acids is 1. The molecule has 0 N–H and O–H groups in total. The Labute approximate surface area is 130 Å². The smallest absolute Gasteiger partial charge is 0.229 e. The van der Waals surface area contributed by atoms with Gasteiger partial charge >= 0.3 is 0 Å². The predicted molar refractivity (Wildman–Crippen MR) is 83.7 cm³/mol. The number of likely N-dealkylation sites (N-methyl/N-ethyl adjacent to an activating group) is 1. The molecular formula is C17H21N3O2. The van der Waals surface area contributed by atoms with Crippen molar-refractivity contribution in [3.05, 3.63) is 48.0 Å². The molecule has 116 valence electrons. The van der Waals surface area contributed by atoms with Gasteiger partial charge in [-0.1, -0.05) is 18.2 Å². The number of para-hydroxylation sites is 1. The van der Waals surface area contributed by atoms with Gasteiger partial charge in [0.2, 0.25) is 5.91 Å². The van der Waals surface area contributed by atoms with Crippen molar-refractivity contribution < 1.29 is 9.53 Å². The number of rotatable bonds is 4. The Kier molecular flexibility index (Phi) is 4.13. The molecule has 1 aliphatic rings.